The number of nitrogens with one attached hydrogen (secondary N) is 1. The molecule has 178 valence electrons. The second-order valence-corrected chi connectivity index (χ2v) is 10.1. The smallest absolute Gasteiger partial charge is 0.336 e. The van der Waals surface area contributed by atoms with Gasteiger partial charge in [0, 0.05) is 29.0 Å². The topological polar surface area (TPSA) is 106 Å². The second kappa shape index (κ2) is 7.69. The molecule has 0 bridgehead atoms. The van der Waals surface area contributed by atoms with Gasteiger partial charge in [-0.3, -0.25) is 4.79 Å². The summed E-state index contributed by atoms with van der Waals surface area (Å²) < 4.78 is 8.85. The quantitative estimate of drug-likeness (QED) is 0.528. The Labute approximate surface area is 198 Å². The zero-order chi connectivity index (χ0) is 23.6. The maximum atomic E-state index is 13.3. The third-order valence-corrected chi connectivity index (χ3v) is 8.13. The highest BCUT2D eigenvalue weighted by Crippen LogP contribution is 2.46. The number of amides is 1. The predicted molar refractivity (Wildman–Crippen MR) is 119 cm³/mol. The van der Waals surface area contributed by atoms with Crippen LogP contribution < -0.4 is 10.00 Å². The SMILES string of the molecule is CC1=C(N2CCC3(CCC(NC(C)c4ccc(-[n+]5cc6n(n5)C6C)nn4)CC3)C2=O)COC1=O. The largest absolute Gasteiger partial charge is 0.456 e. The summed E-state index contributed by atoms with van der Waals surface area (Å²) in [4.78, 5) is 26.9. The van der Waals surface area contributed by atoms with Gasteiger partial charge in [0.15, 0.2) is 11.7 Å². The Bertz CT molecular complexity index is 1170. The van der Waals surface area contributed by atoms with Gasteiger partial charge in [0.25, 0.3) is 0 Å². The number of hydrogen-bond donors (Lipinski definition) is 1. The number of aromatic nitrogens is 5. The summed E-state index contributed by atoms with van der Waals surface area (Å²) in [5.41, 5.74) is 3.12. The van der Waals surface area contributed by atoms with Crippen molar-refractivity contribution in [3.8, 4) is 5.82 Å². The van der Waals surface area contributed by atoms with Gasteiger partial charge in [-0.05, 0) is 58.9 Å². The molecule has 1 saturated heterocycles. The van der Waals surface area contributed by atoms with Gasteiger partial charge < -0.3 is 15.0 Å². The number of carbonyl (C=O) groups is 2. The zero-order valence-electron chi connectivity index (χ0n) is 19.8. The Balaban J connectivity index is 1.05. The average molecular weight is 465 g/mol. The first-order chi connectivity index (χ1) is 16.4. The van der Waals surface area contributed by atoms with Crippen LogP contribution in [0.3, 0.4) is 0 Å². The molecule has 2 fully saturated rings. The molecule has 10 heteroatoms. The number of fused-ring (bicyclic) bond motifs is 1. The fourth-order valence-corrected chi connectivity index (χ4v) is 5.72. The summed E-state index contributed by atoms with van der Waals surface area (Å²) in [6.45, 7) is 6.86. The number of likely N-dealkylation sites (tertiary alicyclic amines) is 1. The third kappa shape index (κ3) is 3.34. The number of hydrogen-bond acceptors (Lipinski definition) is 7. The standard InChI is InChI=1S/C24H30N7O3/c1-14-20(13-34-22(14)32)29-11-10-24(23(29)33)8-6-17(7-9-24)25-15(2)18-4-5-21(27-26-18)30-12-19-16(3)31(19)28-30/h4-5,12,15-17,25H,6-11,13H2,1-3H3/q+1. The van der Waals surface area contributed by atoms with Crippen LogP contribution in [0.25, 0.3) is 5.82 Å². The van der Waals surface area contributed by atoms with Crippen molar-refractivity contribution >= 4 is 11.9 Å². The van der Waals surface area contributed by atoms with E-state index in [9.17, 15) is 9.59 Å². The summed E-state index contributed by atoms with van der Waals surface area (Å²) >= 11 is 0. The van der Waals surface area contributed by atoms with Crippen molar-refractivity contribution in [2.75, 3.05) is 13.2 Å². The first-order valence-corrected chi connectivity index (χ1v) is 12.2. The number of carbonyl (C=O) groups excluding carboxylic acids is 2. The van der Waals surface area contributed by atoms with Gasteiger partial charge in [-0.1, -0.05) is 5.10 Å². The lowest BCUT2D eigenvalue weighted by Crippen LogP contribution is -2.43. The zero-order valence-corrected chi connectivity index (χ0v) is 19.8. The fraction of sp³-hybridized carbons (Fsp3) is 0.583. The molecule has 6 rings (SSSR count). The highest BCUT2D eigenvalue weighted by Gasteiger charge is 2.50. The lowest BCUT2D eigenvalue weighted by Gasteiger charge is -2.37. The Morgan fingerprint density at radius 2 is 2.00 bits per heavy atom. The van der Waals surface area contributed by atoms with Crippen molar-refractivity contribution in [2.45, 2.75) is 71.0 Å². The molecule has 3 aliphatic heterocycles. The van der Waals surface area contributed by atoms with Crippen LogP contribution in [0.2, 0.25) is 0 Å². The molecule has 1 aliphatic carbocycles. The Kier molecular flexibility index (Phi) is 4.84. The number of cyclic esters (lactones) is 1. The molecule has 2 aromatic rings. The van der Waals surface area contributed by atoms with Gasteiger partial charge in [0.05, 0.1) is 28.4 Å². The fourth-order valence-electron chi connectivity index (χ4n) is 5.72. The van der Waals surface area contributed by atoms with Gasteiger partial charge in [-0.2, -0.15) is 4.68 Å². The molecule has 2 atom stereocenters. The van der Waals surface area contributed by atoms with Crippen LogP contribution in [0.5, 0.6) is 0 Å². The lowest BCUT2D eigenvalue weighted by molar-refractivity contribution is -0.667. The van der Waals surface area contributed by atoms with E-state index in [-0.39, 0.29) is 29.9 Å². The van der Waals surface area contributed by atoms with Crippen LogP contribution in [-0.2, 0) is 14.3 Å². The van der Waals surface area contributed by atoms with Crippen LogP contribution in [0.4, 0.5) is 0 Å². The number of ether oxygens (including phenoxy) is 1. The van der Waals surface area contributed by atoms with Crippen LogP contribution >= 0.6 is 0 Å². The lowest BCUT2D eigenvalue weighted by atomic mass is 9.71. The maximum absolute atomic E-state index is 13.3. The van der Waals surface area contributed by atoms with E-state index in [1.807, 2.05) is 23.0 Å². The Morgan fingerprint density at radius 3 is 2.62 bits per heavy atom. The van der Waals surface area contributed by atoms with E-state index < -0.39 is 0 Å². The van der Waals surface area contributed by atoms with Gasteiger partial charge in [-0.25, -0.2) is 4.79 Å². The first-order valence-electron chi connectivity index (χ1n) is 12.2. The third-order valence-electron chi connectivity index (χ3n) is 8.13. The van der Waals surface area contributed by atoms with E-state index in [0.29, 0.717) is 30.0 Å². The molecule has 5 heterocycles. The highest BCUT2D eigenvalue weighted by atomic mass is 16.5. The molecule has 2 aromatic heterocycles. The Morgan fingerprint density at radius 1 is 1.21 bits per heavy atom. The van der Waals surface area contributed by atoms with Crippen LogP contribution in [0.1, 0.15) is 76.3 Å². The molecule has 1 amide bonds. The van der Waals surface area contributed by atoms with Crippen molar-refractivity contribution in [1.82, 2.24) is 30.3 Å². The van der Waals surface area contributed by atoms with Crippen molar-refractivity contribution in [3.05, 3.63) is 41.0 Å². The first kappa shape index (κ1) is 21.4. The molecule has 1 spiro atoms. The number of rotatable bonds is 5. The van der Waals surface area contributed by atoms with E-state index in [4.69, 9.17) is 4.74 Å². The van der Waals surface area contributed by atoms with Gasteiger partial charge >= 0.3 is 11.8 Å². The predicted octanol–water partition coefficient (Wildman–Crippen LogP) is 1.52. The summed E-state index contributed by atoms with van der Waals surface area (Å²) in [7, 11) is 0. The summed E-state index contributed by atoms with van der Waals surface area (Å²) in [6, 6.07) is 4.76. The molecule has 0 radical (unpaired) electrons. The number of nitrogens with zero attached hydrogens (tertiary/aromatic N) is 6. The summed E-state index contributed by atoms with van der Waals surface area (Å²) in [5, 5.41) is 16.9. The van der Waals surface area contributed by atoms with E-state index in [2.05, 4.69) is 34.6 Å². The minimum Gasteiger partial charge on any atom is -0.456 e. The summed E-state index contributed by atoms with van der Waals surface area (Å²) in [6.07, 6.45) is 6.44. The molecule has 1 N–H and O–H groups in total. The van der Waals surface area contributed by atoms with E-state index >= 15 is 0 Å². The van der Waals surface area contributed by atoms with Gasteiger partial charge in [0.1, 0.15) is 12.8 Å². The molecule has 1 saturated carbocycles. The van der Waals surface area contributed by atoms with Crippen molar-refractivity contribution < 1.29 is 19.0 Å². The minimum absolute atomic E-state index is 0.0666. The van der Waals surface area contributed by atoms with Crippen LogP contribution in [-0.4, -0.2) is 56.1 Å². The van der Waals surface area contributed by atoms with Crippen LogP contribution in [0.15, 0.2) is 29.6 Å². The average Bonchev–Trinajstić information content (AvgIpc) is 3.21. The molecular formula is C24H30N7O3+. The van der Waals surface area contributed by atoms with E-state index in [0.717, 1.165) is 43.5 Å². The number of esters is 1. The molecule has 4 aliphatic rings. The molecule has 10 nitrogen and oxygen atoms in total. The second-order valence-electron chi connectivity index (χ2n) is 10.1. The highest BCUT2D eigenvalue weighted by molar-refractivity contribution is 5.94. The van der Waals surface area contributed by atoms with Crippen molar-refractivity contribution in [1.29, 1.82) is 0 Å². The maximum Gasteiger partial charge on any atom is 0.336 e. The molecule has 0 aromatic carbocycles. The van der Waals surface area contributed by atoms with Crippen molar-refractivity contribution in [3.63, 3.8) is 0 Å². The molecule has 2 unspecified atom stereocenters. The normalized spacial score (nSPS) is 29.1. The summed E-state index contributed by atoms with van der Waals surface area (Å²) in [5.74, 6) is 0.572. The van der Waals surface area contributed by atoms with Crippen molar-refractivity contribution in [2.24, 2.45) is 5.41 Å². The minimum atomic E-state index is -0.308. The molecular weight excluding hydrogens is 434 g/mol. The molecule has 34 heavy (non-hydrogen) atoms. The van der Waals surface area contributed by atoms with Gasteiger partial charge in [-0.15, -0.1) is 4.68 Å². The monoisotopic (exact) mass is 464 g/mol. The van der Waals surface area contributed by atoms with E-state index in [1.54, 1.807) is 16.5 Å². The Hall–Kier alpha value is -3.14. The van der Waals surface area contributed by atoms with Gasteiger partial charge in [0.2, 0.25) is 5.91 Å². The van der Waals surface area contributed by atoms with Crippen LogP contribution in [0, 0.1) is 5.41 Å². The van der Waals surface area contributed by atoms with E-state index in [1.165, 1.54) is 5.69 Å².